The summed E-state index contributed by atoms with van der Waals surface area (Å²) < 4.78 is 25.0. The van der Waals surface area contributed by atoms with E-state index in [2.05, 4.69) is 20.9 Å². The van der Waals surface area contributed by atoms with Gasteiger partial charge in [-0.05, 0) is 92.8 Å². The van der Waals surface area contributed by atoms with Crippen LogP contribution in [0.2, 0.25) is 10.0 Å². The number of aliphatic hydroxyl groups excluding tert-OH is 1. The van der Waals surface area contributed by atoms with E-state index in [9.17, 15) is 24.3 Å². The van der Waals surface area contributed by atoms with Crippen LogP contribution < -0.4 is 20.7 Å². The highest BCUT2D eigenvalue weighted by atomic mass is 35.5. The molecule has 0 spiro atoms. The van der Waals surface area contributed by atoms with Crippen LogP contribution in [0.3, 0.4) is 0 Å². The molecule has 0 unspecified atom stereocenters. The van der Waals surface area contributed by atoms with Gasteiger partial charge in [-0.25, -0.2) is 9.78 Å². The smallest absolute Gasteiger partial charge is 0.319 e. The number of aliphatic hydroxyl groups is 1. The normalized spacial score (nSPS) is 20.1. The van der Waals surface area contributed by atoms with Crippen LogP contribution in [0.15, 0.2) is 103 Å². The van der Waals surface area contributed by atoms with Crippen LogP contribution in [0.4, 0.5) is 4.79 Å². The molecule has 2 bridgehead atoms. The molecule has 2 saturated heterocycles. The summed E-state index contributed by atoms with van der Waals surface area (Å²) in [5.41, 5.74) is 2.95. The lowest BCUT2D eigenvalue weighted by molar-refractivity contribution is -0.138. The molecule has 0 radical (unpaired) electrons. The van der Waals surface area contributed by atoms with Crippen molar-refractivity contribution in [1.29, 1.82) is 0 Å². The van der Waals surface area contributed by atoms with Gasteiger partial charge in [0.2, 0.25) is 17.7 Å². The van der Waals surface area contributed by atoms with E-state index in [4.69, 9.17) is 42.1 Å². The van der Waals surface area contributed by atoms with E-state index < -0.39 is 48.1 Å². The minimum atomic E-state index is -1.37. The second-order valence-electron chi connectivity index (χ2n) is 17.5. The van der Waals surface area contributed by atoms with E-state index in [1.165, 1.54) is 11.8 Å². The number of halogens is 2. The zero-order chi connectivity index (χ0) is 49.6. The monoisotopic (exact) mass is 997 g/mol. The van der Waals surface area contributed by atoms with Crippen molar-refractivity contribution in [2.24, 2.45) is 7.05 Å². The molecule has 0 aliphatic carbocycles. The van der Waals surface area contributed by atoms with Gasteiger partial charge in [0.1, 0.15) is 42.1 Å². The van der Waals surface area contributed by atoms with Crippen molar-refractivity contribution in [3.8, 4) is 22.8 Å². The van der Waals surface area contributed by atoms with Gasteiger partial charge in [0.15, 0.2) is 0 Å². The summed E-state index contributed by atoms with van der Waals surface area (Å²) in [6.45, 7) is 5.96. The fourth-order valence-corrected chi connectivity index (χ4v) is 9.01. The largest absolute Gasteiger partial charge is 0.457 e. The first kappa shape index (κ1) is 51.8. The van der Waals surface area contributed by atoms with Gasteiger partial charge in [0, 0.05) is 54.3 Å². The average molecular weight is 999 g/mol. The Bertz CT molecular complexity index is 2550. The Labute approximate surface area is 418 Å². The molecule has 372 valence electrons. The highest BCUT2D eigenvalue weighted by molar-refractivity contribution is 6.31. The molecular formula is C52H61Cl2N7O9. The number of nitrogens with one attached hydrogen (secondary N) is 3. The van der Waals surface area contributed by atoms with Crippen LogP contribution in [0.25, 0.3) is 11.3 Å². The van der Waals surface area contributed by atoms with Crippen LogP contribution >= 0.6 is 23.2 Å². The van der Waals surface area contributed by atoms with Crippen molar-refractivity contribution < 1.29 is 43.2 Å². The first-order valence-electron chi connectivity index (χ1n) is 23.5. The predicted octanol–water partition coefficient (Wildman–Crippen LogP) is 6.48. The van der Waals surface area contributed by atoms with Gasteiger partial charge in [-0.3, -0.25) is 14.4 Å². The van der Waals surface area contributed by atoms with Crippen LogP contribution in [0, 0.1) is 0 Å². The fraction of sp³-hybridized carbons (Fsp3) is 0.404. The molecule has 1 aromatic heterocycles. The molecule has 7 rings (SSSR count). The molecule has 2 aliphatic rings. The maximum Gasteiger partial charge on any atom is 0.319 e. The van der Waals surface area contributed by atoms with Gasteiger partial charge in [0.05, 0.1) is 57.0 Å². The number of urea groups is 1. The van der Waals surface area contributed by atoms with Gasteiger partial charge in [-0.2, -0.15) is 0 Å². The standard InChI is InChI=1S/C52H61Cl2N7O9/c1-4-67-23-24-68-25-26-69-33-47-55-30-45(59(47)3)38-14-19-42(20-15-38)70-46-28-41(54)18-13-39(46)31-61-35(2)48(63)56-44(32-62)49(64)58-52(29-37-11-16-40(53)17-12-37)21-8-22-60(34-52)50(65)43(57-51(61)66)27-36-9-6-5-7-10-36/h5-7,9-20,28,30,35,43-44,62H,4,8,21-27,29,31-34H2,1-3H3,(H,56,63)(H,57,66)(H,58,64)/t35-,43-,44-,52+/m0/s1. The van der Waals surface area contributed by atoms with E-state index >= 15 is 0 Å². The first-order chi connectivity index (χ1) is 33.8. The van der Waals surface area contributed by atoms with Crippen molar-refractivity contribution in [2.75, 3.05) is 52.7 Å². The molecule has 4 atom stereocenters. The minimum Gasteiger partial charge on any atom is -0.457 e. The van der Waals surface area contributed by atoms with Gasteiger partial charge in [0.25, 0.3) is 0 Å². The zero-order valence-electron chi connectivity index (χ0n) is 39.7. The van der Waals surface area contributed by atoms with Crippen LogP contribution in [-0.2, 0) is 61.6 Å². The molecule has 18 heteroatoms. The summed E-state index contributed by atoms with van der Waals surface area (Å²) in [5.74, 6) is -0.136. The Hall–Kier alpha value is -6.01. The second-order valence-corrected chi connectivity index (χ2v) is 18.4. The van der Waals surface area contributed by atoms with Crippen molar-refractivity contribution in [3.05, 3.63) is 136 Å². The lowest BCUT2D eigenvalue weighted by Gasteiger charge is -2.45. The molecule has 70 heavy (non-hydrogen) atoms. The van der Waals surface area contributed by atoms with Gasteiger partial charge >= 0.3 is 6.03 Å². The first-order valence-corrected chi connectivity index (χ1v) is 24.3. The third-order valence-electron chi connectivity index (χ3n) is 12.5. The lowest BCUT2D eigenvalue weighted by atomic mass is 9.82. The van der Waals surface area contributed by atoms with E-state index in [0.29, 0.717) is 92.6 Å². The van der Waals surface area contributed by atoms with Crippen molar-refractivity contribution in [1.82, 2.24) is 35.3 Å². The number of ether oxygens (including phenoxy) is 4. The third kappa shape index (κ3) is 13.6. The van der Waals surface area contributed by atoms with E-state index in [1.54, 1.807) is 53.6 Å². The summed E-state index contributed by atoms with van der Waals surface area (Å²) in [7, 11) is 1.92. The average Bonchev–Trinajstić information content (AvgIpc) is 3.73. The van der Waals surface area contributed by atoms with Gasteiger partial charge in [-0.15, -0.1) is 0 Å². The minimum absolute atomic E-state index is 0.116. The van der Waals surface area contributed by atoms with E-state index in [1.807, 2.05) is 73.1 Å². The molecule has 5 amide bonds. The summed E-state index contributed by atoms with van der Waals surface area (Å²) >= 11 is 12.8. The maximum atomic E-state index is 14.8. The number of hydrogen-bond acceptors (Lipinski definition) is 10. The van der Waals surface area contributed by atoms with Gasteiger partial charge < -0.3 is 54.4 Å². The quantitative estimate of drug-likeness (QED) is 0.0668. The molecule has 4 N–H and O–H groups in total. The third-order valence-corrected chi connectivity index (χ3v) is 13.0. The number of rotatable bonds is 19. The zero-order valence-corrected chi connectivity index (χ0v) is 41.2. The van der Waals surface area contributed by atoms with Gasteiger partial charge in [-0.1, -0.05) is 71.7 Å². The predicted molar refractivity (Wildman–Crippen MR) is 265 cm³/mol. The Morgan fingerprint density at radius 2 is 1.53 bits per heavy atom. The number of nitrogens with zero attached hydrogens (tertiary/aromatic N) is 4. The van der Waals surface area contributed by atoms with Crippen molar-refractivity contribution >= 4 is 47.0 Å². The Kier molecular flexibility index (Phi) is 18.3. The Morgan fingerprint density at radius 1 is 0.814 bits per heavy atom. The van der Waals surface area contributed by atoms with Crippen LogP contribution in [0.5, 0.6) is 11.5 Å². The van der Waals surface area contributed by atoms with Crippen LogP contribution in [0.1, 0.15) is 49.2 Å². The Morgan fingerprint density at radius 3 is 2.26 bits per heavy atom. The molecule has 4 aromatic carbocycles. The van der Waals surface area contributed by atoms with Crippen molar-refractivity contribution in [2.45, 2.75) is 76.3 Å². The molecular weight excluding hydrogens is 938 g/mol. The summed E-state index contributed by atoms with van der Waals surface area (Å²) in [6.07, 6.45) is 3.34. The topological polar surface area (TPSA) is 186 Å². The number of imidazole rings is 1. The summed E-state index contributed by atoms with van der Waals surface area (Å²) in [4.78, 5) is 65.6. The highest BCUT2D eigenvalue weighted by Crippen LogP contribution is 2.33. The fourth-order valence-electron chi connectivity index (χ4n) is 8.72. The Balaban J connectivity index is 1.13. The lowest BCUT2D eigenvalue weighted by Crippen LogP contribution is -2.67. The highest BCUT2D eigenvalue weighted by Gasteiger charge is 2.43. The number of amides is 5. The molecule has 0 saturated carbocycles. The molecule has 2 aliphatic heterocycles. The number of piperidine rings is 1. The number of carbonyl (C=O) groups excluding carboxylic acids is 4. The van der Waals surface area contributed by atoms with E-state index in [0.717, 1.165) is 28.2 Å². The van der Waals surface area contributed by atoms with Crippen LogP contribution in [-0.4, -0.2) is 125 Å². The van der Waals surface area contributed by atoms with E-state index in [-0.39, 0.29) is 25.4 Å². The SMILES string of the molecule is CCOCCOCCOCc1ncc(-c2ccc(Oc3cc(Cl)ccc3CN3C(=O)N[C@@H](Cc4ccccc4)C(=O)N4CCC[C@@](Cc5ccc(Cl)cc5)(C4)NC(=O)[C@H](CO)NC(=O)[C@@H]3C)cc2)n1C. The number of fused-ring (bicyclic) bond motifs is 2. The number of aromatic nitrogens is 2. The summed E-state index contributed by atoms with van der Waals surface area (Å²) in [5, 5.41) is 20.3. The number of carbonyl (C=O) groups is 4. The summed E-state index contributed by atoms with van der Waals surface area (Å²) in [6, 6.07) is 24.6. The number of benzene rings is 4. The molecule has 2 fully saturated rings. The molecule has 16 nitrogen and oxygen atoms in total. The molecule has 5 aromatic rings. The second kappa shape index (κ2) is 24.7. The molecule has 3 heterocycles. The van der Waals surface area contributed by atoms with Crippen molar-refractivity contribution in [3.63, 3.8) is 0 Å². The number of hydrogen-bond donors (Lipinski definition) is 4. The maximum absolute atomic E-state index is 14.8.